The van der Waals surface area contributed by atoms with Crippen LogP contribution in [0.2, 0.25) is 0 Å². The second kappa shape index (κ2) is 3.91. The molecular weight excluding hydrogens is 193 g/mol. The largest absolute Gasteiger partial charge is 0.385 e. The molecule has 0 spiro atoms. The first kappa shape index (κ1) is 10.6. The zero-order valence-electron chi connectivity index (χ0n) is 8.83. The van der Waals surface area contributed by atoms with Crippen LogP contribution in [0, 0.1) is 5.82 Å². The molecule has 82 valence electrons. The van der Waals surface area contributed by atoms with Crippen molar-refractivity contribution in [1.29, 1.82) is 0 Å². The summed E-state index contributed by atoms with van der Waals surface area (Å²) in [5.74, 6) is -0.260. The highest BCUT2D eigenvalue weighted by molar-refractivity contribution is 5.24. The van der Waals surface area contributed by atoms with E-state index in [9.17, 15) is 9.50 Å². The molecule has 0 bridgehead atoms. The van der Waals surface area contributed by atoms with Gasteiger partial charge in [-0.3, -0.25) is 0 Å². The molecule has 2 rings (SSSR count). The van der Waals surface area contributed by atoms with Gasteiger partial charge in [0.15, 0.2) is 0 Å². The van der Waals surface area contributed by atoms with E-state index >= 15 is 0 Å². The standard InChI is InChI=1S/C12H16FNO/c1-9-8-12(15,6-7-14-9)10-2-4-11(13)5-3-10/h2-5,9,14-15H,6-8H2,1H3. The van der Waals surface area contributed by atoms with Crippen molar-refractivity contribution < 1.29 is 9.50 Å². The van der Waals surface area contributed by atoms with Crippen molar-refractivity contribution in [3.63, 3.8) is 0 Å². The first-order valence-corrected chi connectivity index (χ1v) is 5.32. The molecule has 1 aromatic carbocycles. The SMILES string of the molecule is CC1CC(O)(c2ccc(F)cc2)CCN1. The average molecular weight is 209 g/mol. The van der Waals surface area contributed by atoms with Gasteiger partial charge in [0, 0.05) is 6.04 Å². The first-order chi connectivity index (χ1) is 7.10. The van der Waals surface area contributed by atoms with Crippen LogP contribution in [-0.2, 0) is 5.60 Å². The minimum absolute atomic E-state index is 0.260. The van der Waals surface area contributed by atoms with Gasteiger partial charge in [-0.05, 0) is 44.0 Å². The number of rotatable bonds is 1. The molecule has 0 aromatic heterocycles. The van der Waals surface area contributed by atoms with Crippen molar-refractivity contribution in [3.05, 3.63) is 35.6 Å². The zero-order valence-corrected chi connectivity index (χ0v) is 8.83. The average Bonchev–Trinajstić information content (AvgIpc) is 2.18. The molecule has 1 saturated heterocycles. The van der Waals surface area contributed by atoms with Gasteiger partial charge in [-0.25, -0.2) is 4.39 Å². The van der Waals surface area contributed by atoms with Crippen LogP contribution in [0.1, 0.15) is 25.3 Å². The van der Waals surface area contributed by atoms with Crippen LogP contribution < -0.4 is 5.32 Å². The summed E-state index contributed by atoms with van der Waals surface area (Å²) >= 11 is 0. The first-order valence-electron chi connectivity index (χ1n) is 5.32. The molecule has 2 atom stereocenters. The molecule has 15 heavy (non-hydrogen) atoms. The van der Waals surface area contributed by atoms with Crippen LogP contribution >= 0.6 is 0 Å². The molecule has 0 saturated carbocycles. The molecule has 2 unspecified atom stereocenters. The Morgan fingerprint density at radius 1 is 1.40 bits per heavy atom. The Morgan fingerprint density at radius 2 is 2.07 bits per heavy atom. The molecule has 1 aliphatic rings. The minimum Gasteiger partial charge on any atom is -0.385 e. The van der Waals surface area contributed by atoms with E-state index in [0.717, 1.165) is 12.1 Å². The van der Waals surface area contributed by atoms with E-state index in [2.05, 4.69) is 5.32 Å². The Balaban J connectivity index is 2.24. The van der Waals surface area contributed by atoms with Crippen LogP contribution in [0.4, 0.5) is 4.39 Å². The highest BCUT2D eigenvalue weighted by Gasteiger charge is 2.33. The van der Waals surface area contributed by atoms with Crippen molar-refractivity contribution in [3.8, 4) is 0 Å². The van der Waals surface area contributed by atoms with Crippen LogP contribution in [0.3, 0.4) is 0 Å². The Labute approximate surface area is 89.1 Å². The molecule has 0 amide bonds. The van der Waals surface area contributed by atoms with E-state index in [0.29, 0.717) is 18.9 Å². The van der Waals surface area contributed by atoms with Gasteiger partial charge >= 0.3 is 0 Å². The van der Waals surface area contributed by atoms with Gasteiger partial charge in [0.2, 0.25) is 0 Å². The smallest absolute Gasteiger partial charge is 0.123 e. The van der Waals surface area contributed by atoms with Crippen molar-refractivity contribution in [2.75, 3.05) is 6.54 Å². The number of aliphatic hydroxyl groups is 1. The summed E-state index contributed by atoms with van der Waals surface area (Å²) in [4.78, 5) is 0. The maximum atomic E-state index is 12.8. The van der Waals surface area contributed by atoms with Crippen molar-refractivity contribution in [2.45, 2.75) is 31.4 Å². The third-order valence-corrected chi connectivity index (χ3v) is 3.06. The summed E-state index contributed by atoms with van der Waals surface area (Å²) in [5.41, 5.74) is 0.0236. The Kier molecular flexibility index (Phi) is 2.76. The number of hydrogen-bond donors (Lipinski definition) is 2. The van der Waals surface area contributed by atoms with Crippen molar-refractivity contribution >= 4 is 0 Å². The van der Waals surface area contributed by atoms with Gasteiger partial charge < -0.3 is 10.4 Å². The molecule has 1 fully saturated rings. The maximum Gasteiger partial charge on any atom is 0.123 e. The zero-order chi connectivity index (χ0) is 10.9. The lowest BCUT2D eigenvalue weighted by Gasteiger charge is -2.36. The van der Waals surface area contributed by atoms with E-state index < -0.39 is 5.60 Å². The van der Waals surface area contributed by atoms with E-state index in [1.165, 1.54) is 12.1 Å². The minimum atomic E-state index is -0.793. The fraction of sp³-hybridized carbons (Fsp3) is 0.500. The van der Waals surface area contributed by atoms with Crippen molar-refractivity contribution in [2.24, 2.45) is 0 Å². The Hall–Kier alpha value is -0.930. The van der Waals surface area contributed by atoms with E-state index in [-0.39, 0.29) is 5.82 Å². The van der Waals surface area contributed by atoms with Crippen LogP contribution in [0.15, 0.2) is 24.3 Å². The van der Waals surface area contributed by atoms with Gasteiger partial charge in [0.25, 0.3) is 0 Å². The molecule has 1 heterocycles. The van der Waals surface area contributed by atoms with Crippen LogP contribution in [0.5, 0.6) is 0 Å². The van der Waals surface area contributed by atoms with Gasteiger partial charge in [0.05, 0.1) is 5.60 Å². The van der Waals surface area contributed by atoms with Crippen LogP contribution in [-0.4, -0.2) is 17.7 Å². The summed E-state index contributed by atoms with van der Waals surface area (Å²) in [7, 11) is 0. The summed E-state index contributed by atoms with van der Waals surface area (Å²) in [5, 5.41) is 13.7. The quantitative estimate of drug-likeness (QED) is 0.739. The fourth-order valence-corrected chi connectivity index (χ4v) is 2.23. The number of piperidine rings is 1. The number of nitrogens with one attached hydrogen (secondary N) is 1. The predicted molar refractivity (Wildman–Crippen MR) is 57.0 cm³/mol. The van der Waals surface area contributed by atoms with E-state index in [1.807, 2.05) is 6.92 Å². The van der Waals surface area contributed by atoms with Gasteiger partial charge in [0.1, 0.15) is 5.82 Å². The third-order valence-electron chi connectivity index (χ3n) is 3.06. The maximum absolute atomic E-state index is 12.8. The fourth-order valence-electron chi connectivity index (χ4n) is 2.23. The number of halogens is 1. The molecule has 1 aromatic rings. The van der Waals surface area contributed by atoms with Gasteiger partial charge in [-0.15, -0.1) is 0 Å². The molecule has 0 aliphatic carbocycles. The summed E-state index contributed by atoms with van der Waals surface area (Å²) < 4.78 is 12.8. The lowest BCUT2D eigenvalue weighted by Crippen LogP contribution is -2.44. The molecule has 0 radical (unpaired) electrons. The van der Waals surface area contributed by atoms with E-state index in [1.54, 1.807) is 12.1 Å². The lowest BCUT2D eigenvalue weighted by molar-refractivity contribution is -0.00651. The molecule has 1 aliphatic heterocycles. The summed E-state index contributed by atoms with van der Waals surface area (Å²) in [6, 6.07) is 6.45. The van der Waals surface area contributed by atoms with E-state index in [4.69, 9.17) is 0 Å². The van der Waals surface area contributed by atoms with Gasteiger partial charge in [-0.2, -0.15) is 0 Å². The molecule has 3 heteroatoms. The molecular formula is C12H16FNO. The topological polar surface area (TPSA) is 32.3 Å². The number of hydrogen-bond acceptors (Lipinski definition) is 2. The highest BCUT2D eigenvalue weighted by atomic mass is 19.1. The summed E-state index contributed by atoms with van der Waals surface area (Å²) in [6.45, 7) is 2.85. The lowest BCUT2D eigenvalue weighted by atomic mass is 9.82. The summed E-state index contributed by atoms with van der Waals surface area (Å²) in [6.07, 6.45) is 1.36. The second-order valence-electron chi connectivity index (χ2n) is 4.35. The van der Waals surface area contributed by atoms with Crippen LogP contribution in [0.25, 0.3) is 0 Å². The van der Waals surface area contributed by atoms with Crippen molar-refractivity contribution in [1.82, 2.24) is 5.32 Å². The second-order valence-corrected chi connectivity index (χ2v) is 4.35. The Bertz CT molecular complexity index is 338. The Morgan fingerprint density at radius 3 is 2.67 bits per heavy atom. The highest BCUT2D eigenvalue weighted by Crippen LogP contribution is 2.32. The third kappa shape index (κ3) is 2.19. The monoisotopic (exact) mass is 209 g/mol. The predicted octanol–water partition coefficient (Wildman–Crippen LogP) is 1.79. The van der Waals surface area contributed by atoms with Gasteiger partial charge in [-0.1, -0.05) is 12.1 Å². The molecule has 2 N–H and O–H groups in total. The number of benzene rings is 1. The normalized spacial score (nSPS) is 31.5. The molecule has 2 nitrogen and oxygen atoms in total.